The molecule has 1 amide bonds. The number of amides is 1. The molecule has 1 saturated heterocycles. The molecule has 0 bridgehead atoms. The fourth-order valence-corrected chi connectivity index (χ4v) is 4.35. The van der Waals surface area contributed by atoms with Gasteiger partial charge in [0, 0.05) is 26.2 Å². The number of nitrogen functional groups attached to an aromatic ring is 1. The average molecular weight is 426 g/mol. The molecular formula is C21H23N5O3S. The summed E-state index contributed by atoms with van der Waals surface area (Å²) < 4.78 is 6.45. The zero-order chi connectivity index (χ0) is 21.1. The van der Waals surface area contributed by atoms with Gasteiger partial charge in [0.05, 0.1) is 29.5 Å². The first-order valence-electron chi connectivity index (χ1n) is 9.64. The summed E-state index contributed by atoms with van der Waals surface area (Å²) in [5, 5.41) is 0.794. The van der Waals surface area contributed by atoms with E-state index in [1.54, 1.807) is 25.3 Å². The van der Waals surface area contributed by atoms with Crippen LogP contribution in [-0.2, 0) is 4.79 Å². The zero-order valence-corrected chi connectivity index (χ0v) is 17.5. The molecule has 1 fully saturated rings. The fraction of sp³-hybridized carbons (Fsp3) is 0.286. The Morgan fingerprint density at radius 2 is 1.80 bits per heavy atom. The second kappa shape index (κ2) is 8.66. The molecule has 2 aromatic carbocycles. The molecule has 0 unspecified atom stereocenters. The highest BCUT2D eigenvalue weighted by Gasteiger charge is 2.23. The summed E-state index contributed by atoms with van der Waals surface area (Å²) in [5.41, 5.74) is 1.29. The minimum Gasteiger partial charge on any atom is -0.495 e. The second-order valence-electron chi connectivity index (χ2n) is 6.92. The zero-order valence-electron chi connectivity index (χ0n) is 16.7. The number of benzene rings is 2. The van der Waals surface area contributed by atoms with Crippen LogP contribution in [-0.4, -0.2) is 59.5 Å². The molecule has 156 valence electrons. The van der Waals surface area contributed by atoms with E-state index in [9.17, 15) is 9.59 Å². The van der Waals surface area contributed by atoms with Gasteiger partial charge >= 0.3 is 0 Å². The summed E-state index contributed by atoms with van der Waals surface area (Å²) in [5.74, 6) is 6.91. The minimum atomic E-state index is -0.319. The van der Waals surface area contributed by atoms with Crippen LogP contribution in [0, 0.1) is 0 Å². The smallest absolute Gasteiger partial charge is 0.280 e. The van der Waals surface area contributed by atoms with Gasteiger partial charge in [-0.3, -0.25) is 9.59 Å². The van der Waals surface area contributed by atoms with E-state index in [1.807, 2.05) is 35.2 Å². The number of carbonyl (C=O) groups is 1. The number of ether oxygens (including phenoxy) is 1. The number of hydrogen-bond acceptors (Lipinski definition) is 7. The van der Waals surface area contributed by atoms with Crippen LogP contribution >= 0.6 is 11.8 Å². The van der Waals surface area contributed by atoms with Crippen molar-refractivity contribution in [2.45, 2.75) is 5.16 Å². The van der Waals surface area contributed by atoms with E-state index in [2.05, 4.69) is 9.88 Å². The van der Waals surface area contributed by atoms with E-state index in [1.165, 1.54) is 11.8 Å². The second-order valence-corrected chi connectivity index (χ2v) is 7.86. The number of nitrogens with two attached hydrogens (primary N) is 1. The predicted molar refractivity (Wildman–Crippen MR) is 119 cm³/mol. The first-order valence-corrected chi connectivity index (χ1v) is 10.6. The standard InChI is InChI=1S/C21H23N5O3S/c1-29-18-9-5-4-8-17(18)24-10-12-25(13-11-24)19(27)14-30-21-23-16-7-3-2-6-15(16)20(28)26(21)22/h2-9H,10-14,22H2,1H3. The maximum absolute atomic E-state index is 12.7. The lowest BCUT2D eigenvalue weighted by Gasteiger charge is -2.36. The molecule has 8 nitrogen and oxygen atoms in total. The quantitative estimate of drug-likeness (QED) is 0.377. The molecule has 1 aromatic heterocycles. The van der Waals surface area contributed by atoms with Crippen molar-refractivity contribution in [2.75, 3.05) is 49.8 Å². The first kappa shape index (κ1) is 20.1. The van der Waals surface area contributed by atoms with Gasteiger partial charge in [-0.2, -0.15) is 0 Å². The van der Waals surface area contributed by atoms with Crippen molar-refractivity contribution in [1.82, 2.24) is 14.6 Å². The summed E-state index contributed by atoms with van der Waals surface area (Å²) >= 11 is 1.18. The lowest BCUT2D eigenvalue weighted by Crippen LogP contribution is -2.49. The molecule has 2 heterocycles. The highest BCUT2D eigenvalue weighted by Crippen LogP contribution is 2.28. The van der Waals surface area contributed by atoms with Crippen LogP contribution in [0.2, 0.25) is 0 Å². The number of thioether (sulfide) groups is 1. The monoisotopic (exact) mass is 425 g/mol. The molecule has 9 heteroatoms. The summed E-state index contributed by atoms with van der Waals surface area (Å²) in [6.45, 7) is 2.70. The van der Waals surface area contributed by atoms with Gasteiger partial charge in [0.25, 0.3) is 5.56 Å². The van der Waals surface area contributed by atoms with E-state index in [0.29, 0.717) is 29.1 Å². The Kier molecular flexibility index (Phi) is 5.80. The predicted octanol–water partition coefficient (Wildman–Crippen LogP) is 1.56. The molecule has 30 heavy (non-hydrogen) atoms. The minimum absolute atomic E-state index is 0.00193. The van der Waals surface area contributed by atoms with Crippen LogP contribution in [0.4, 0.5) is 5.69 Å². The Labute approximate surface area is 178 Å². The Balaban J connectivity index is 1.38. The highest BCUT2D eigenvalue weighted by molar-refractivity contribution is 7.99. The summed E-state index contributed by atoms with van der Waals surface area (Å²) in [6.07, 6.45) is 0. The van der Waals surface area contributed by atoms with Gasteiger partial charge < -0.3 is 20.4 Å². The van der Waals surface area contributed by atoms with Crippen LogP contribution in [0.25, 0.3) is 10.9 Å². The van der Waals surface area contributed by atoms with Gasteiger partial charge in [0.1, 0.15) is 5.75 Å². The van der Waals surface area contributed by atoms with Crippen molar-refractivity contribution in [3.63, 3.8) is 0 Å². The van der Waals surface area contributed by atoms with Crippen molar-refractivity contribution in [3.8, 4) is 5.75 Å². The van der Waals surface area contributed by atoms with Crippen molar-refractivity contribution in [2.24, 2.45) is 0 Å². The van der Waals surface area contributed by atoms with Crippen LogP contribution in [0.3, 0.4) is 0 Å². The number of methoxy groups -OCH3 is 1. The van der Waals surface area contributed by atoms with Gasteiger partial charge in [0.15, 0.2) is 5.16 Å². The van der Waals surface area contributed by atoms with Crippen LogP contribution in [0.5, 0.6) is 5.75 Å². The third kappa shape index (κ3) is 3.93. The molecule has 0 aliphatic carbocycles. The molecule has 0 radical (unpaired) electrons. The van der Waals surface area contributed by atoms with E-state index < -0.39 is 0 Å². The number of piperazine rings is 1. The molecule has 0 saturated carbocycles. The number of aromatic nitrogens is 2. The molecule has 0 spiro atoms. The largest absolute Gasteiger partial charge is 0.495 e. The Bertz CT molecular complexity index is 1130. The number of rotatable bonds is 5. The third-order valence-electron chi connectivity index (χ3n) is 5.16. The maximum Gasteiger partial charge on any atom is 0.280 e. The van der Waals surface area contributed by atoms with Gasteiger partial charge in [0.2, 0.25) is 5.91 Å². The Hall–Kier alpha value is -3.20. The molecule has 0 atom stereocenters. The van der Waals surface area contributed by atoms with Crippen molar-refractivity contribution < 1.29 is 9.53 Å². The number of hydrogen-bond donors (Lipinski definition) is 1. The lowest BCUT2D eigenvalue weighted by atomic mass is 10.2. The molecule has 4 rings (SSSR count). The number of fused-ring (bicyclic) bond motifs is 1. The van der Waals surface area contributed by atoms with Crippen molar-refractivity contribution in [3.05, 3.63) is 58.9 Å². The molecule has 3 aromatic rings. The van der Waals surface area contributed by atoms with Gasteiger partial charge in [-0.05, 0) is 24.3 Å². The van der Waals surface area contributed by atoms with Crippen LogP contribution < -0.4 is 21.0 Å². The topological polar surface area (TPSA) is 93.7 Å². The fourth-order valence-electron chi connectivity index (χ4n) is 3.53. The first-order chi connectivity index (χ1) is 14.6. The summed E-state index contributed by atoms with van der Waals surface area (Å²) in [4.78, 5) is 33.6. The maximum atomic E-state index is 12.7. The van der Waals surface area contributed by atoms with Crippen LogP contribution in [0.15, 0.2) is 58.5 Å². The molecule has 2 N–H and O–H groups in total. The number of nitrogens with zero attached hydrogens (tertiary/aromatic N) is 4. The normalized spacial score (nSPS) is 14.2. The highest BCUT2D eigenvalue weighted by atomic mass is 32.2. The number of anilines is 1. The lowest BCUT2D eigenvalue weighted by molar-refractivity contribution is -0.128. The van der Waals surface area contributed by atoms with Crippen molar-refractivity contribution >= 4 is 34.3 Å². The molecule has 1 aliphatic rings. The van der Waals surface area contributed by atoms with E-state index in [-0.39, 0.29) is 17.2 Å². The average Bonchev–Trinajstić information content (AvgIpc) is 2.80. The van der Waals surface area contributed by atoms with Gasteiger partial charge in [-0.15, -0.1) is 0 Å². The summed E-state index contributed by atoms with van der Waals surface area (Å²) in [6, 6.07) is 14.9. The third-order valence-corrected chi connectivity index (χ3v) is 6.10. The van der Waals surface area contributed by atoms with Gasteiger partial charge in [-0.25, -0.2) is 9.66 Å². The van der Waals surface area contributed by atoms with Crippen LogP contribution in [0.1, 0.15) is 0 Å². The van der Waals surface area contributed by atoms with E-state index in [4.69, 9.17) is 10.6 Å². The van der Waals surface area contributed by atoms with E-state index in [0.717, 1.165) is 29.2 Å². The van der Waals surface area contributed by atoms with Gasteiger partial charge in [-0.1, -0.05) is 36.0 Å². The summed E-state index contributed by atoms with van der Waals surface area (Å²) in [7, 11) is 1.66. The molecular weight excluding hydrogens is 402 g/mol. The number of para-hydroxylation sites is 3. The van der Waals surface area contributed by atoms with E-state index >= 15 is 0 Å². The molecule has 1 aliphatic heterocycles. The number of carbonyl (C=O) groups excluding carboxylic acids is 1. The SMILES string of the molecule is COc1ccccc1N1CCN(C(=O)CSc2nc3ccccc3c(=O)n2N)CC1. The Morgan fingerprint density at radius 3 is 2.57 bits per heavy atom. The Morgan fingerprint density at radius 1 is 1.10 bits per heavy atom. The van der Waals surface area contributed by atoms with Crippen molar-refractivity contribution in [1.29, 1.82) is 0 Å².